The lowest BCUT2D eigenvalue weighted by atomic mass is 9.85. The summed E-state index contributed by atoms with van der Waals surface area (Å²) in [5, 5.41) is 8.30. The molecule has 0 radical (unpaired) electrons. The molecule has 0 saturated heterocycles. The summed E-state index contributed by atoms with van der Waals surface area (Å²) in [6.07, 6.45) is 2.18. The molecular weight excluding hydrogens is 661 g/mol. The Bertz CT molecular complexity index is 2310. The molecule has 2 nitrogen and oxygen atoms in total. The van der Waals surface area contributed by atoms with Crippen molar-refractivity contribution in [1.82, 2.24) is 0 Å². The number of hydrogen-bond donors (Lipinski definition) is 0. The van der Waals surface area contributed by atoms with E-state index in [1.807, 2.05) is 0 Å². The summed E-state index contributed by atoms with van der Waals surface area (Å²) in [5.41, 5.74) is 13.4. The lowest BCUT2D eigenvalue weighted by Gasteiger charge is -2.25. The van der Waals surface area contributed by atoms with E-state index < -0.39 is 16.1 Å². The van der Waals surface area contributed by atoms with Gasteiger partial charge in [-0.3, -0.25) is 0 Å². The minimum atomic E-state index is -1.38. The normalized spacial score (nSPS) is 14.3. The van der Waals surface area contributed by atoms with Crippen LogP contribution in [0.25, 0.3) is 43.8 Å². The molecule has 0 bridgehead atoms. The molecule has 258 valence electrons. The molecule has 0 saturated carbocycles. The van der Waals surface area contributed by atoms with E-state index in [1.165, 1.54) is 77.7 Å². The Morgan fingerprint density at radius 1 is 0.404 bits per heavy atom. The van der Waals surface area contributed by atoms with E-state index in [1.54, 1.807) is 10.4 Å². The van der Waals surface area contributed by atoms with Gasteiger partial charge in [0.15, 0.2) is 0 Å². The highest BCUT2D eigenvalue weighted by molar-refractivity contribution is 6.89. The molecule has 9 rings (SSSR count). The van der Waals surface area contributed by atoms with E-state index in [-0.39, 0.29) is 0 Å². The van der Waals surface area contributed by atoms with Crippen molar-refractivity contribution in [2.24, 2.45) is 0 Å². The predicted octanol–water partition coefficient (Wildman–Crippen LogP) is 11.8. The van der Waals surface area contributed by atoms with Gasteiger partial charge in [0.05, 0.1) is 16.1 Å². The second-order valence-electron chi connectivity index (χ2n) is 16.9. The number of fused-ring (bicyclic) bond motifs is 4. The summed E-state index contributed by atoms with van der Waals surface area (Å²) in [7, 11) is -2.77. The fourth-order valence-corrected chi connectivity index (χ4v) is 11.0. The highest BCUT2D eigenvalue weighted by atomic mass is 28.3. The Hall–Kier alpha value is -4.91. The summed E-state index contributed by atoms with van der Waals surface area (Å²) in [4.78, 5) is 5.09. The third kappa shape index (κ3) is 5.60. The van der Waals surface area contributed by atoms with E-state index in [0.717, 1.165) is 25.9 Å². The first kappa shape index (κ1) is 33.0. The molecule has 7 aromatic rings. The number of anilines is 4. The van der Waals surface area contributed by atoms with Gasteiger partial charge in [0.2, 0.25) is 0 Å². The quantitative estimate of drug-likeness (QED) is 0.125. The summed E-state index contributed by atoms with van der Waals surface area (Å²) in [6, 6.07) is 51.2. The molecule has 0 fully saturated rings. The Kier molecular flexibility index (Phi) is 7.83. The van der Waals surface area contributed by atoms with Crippen molar-refractivity contribution in [3.8, 4) is 22.3 Å². The van der Waals surface area contributed by atoms with Crippen LogP contribution in [0.2, 0.25) is 39.3 Å². The Morgan fingerprint density at radius 3 is 1.19 bits per heavy atom. The van der Waals surface area contributed by atoms with Gasteiger partial charge in [0.25, 0.3) is 0 Å². The van der Waals surface area contributed by atoms with Crippen LogP contribution in [0.5, 0.6) is 0 Å². The Balaban J connectivity index is 1.26. The van der Waals surface area contributed by atoms with Gasteiger partial charge < -0.3 is 9.80 Å². The number of nitrogens with zero attached hydrogens (tertiary/aromatic N) is 2. The first-order valence-electron chi connectivity index (χ1n) is 19.0. The summed E-state index contributed by atoms with van der Waals surface area (Å²) >= 11 is 0. The van der Waals surface area contributed by atoms with Gasteiger partial charge in [0, 0.05) is 35.8 Å². The summed E-state index contributed by atoms with van der Waals surface area (Å²) in [6.45, 7) is 16.7. The van der Waals surface area contributed by atoms with Crippen LogP contribution in [0, 0.1) is 0 Å². The fraction of sp³-hybridized carbons (Fsp3) is 0.208. The molecule has 0 aromatic heterocycles. The van der Waals surface area contributed by atoms with E-state index in [2.05, 4.69) is 183 Å². The fourth-order valence-electron chi connectivity index (χ4n) is 8.64. The van der Waals surface area contributed by atoms with E-state index >= 15 is 0 Å². The predicted molar refractivity (Wildman–Crippen MR) is 233 cm³/mol. The summed E-state index contributed by atoms with van der Waals surface area (Å²) < 4.78 is 0. The lowest BCUT2D eigenvalue weighted by Crippen LogP contribution is -2.37. The standard InChI is InChI=1S/C48H48N2Si2/c1-51(2,3)39-19-23-45-35(29-39)25-27-49(45)37-17-21-41-43(31-37)47(33-13-9-7-10-14-33)42-22-18-38(32-44(42)48(41)34-15-11-8-12-16-34)50-28-26-36-30-40(52(4,5)6)20-24-46(36)50/h7-24,29-32H,25-28H2,1-6H3. The molecule has 0 spiro atoms. The van der Waals surface area contributed by atoms with Crippen molar-refractivity contribution in [2.75, 3.05) is 22.9 Å². The first-order valence-corrected chi connectivity index (χ1v) is 26.0. The third-order valence-corrected chi connectivity index (χ3v) is 15.6. The lowest BCUT2D eigenvalue weighted by molar-refractivity contribution is 0.999. The van der Waals surface area contributed by atoms with Gasteiger partial charge in [-0.2, -0.15) is 0 Å². The second-order valence-corrected chi connectivity index (χ2v) is 27.1. The van der Waals surface area contributed by atoms with Crippen molar-refractivity contribution in [3.63, 3.8) is 0 Å². The molecule has 0 N–H and O–H groups in total. The minimum Gasteiger partial charge on any atom is -0.341 e. The second kappa shape index (κ2) is 12.4. The van der Waals surface area contributed by atoms with E-state index in [0.29, 0.717) is 0 Å². The van der Waals surface area contributed by atoms with Crippen LogP contribution in [0.1, 0.15) is 11.1 Å². The molecule has 0 aliphatic carbocycles. The maximum atomic E-state index is 2.55. The van der Waals surface area contributed by atoms with E-state index in [9.17, 15) is 0 Å². The topological polar surface area (TPSA) is 6.48 Å². The van der Waals surface area contributed by atoms with Crippen LogP contribution in [-0.2, 0) is 12.8 Å². The van der Waals surface area contributed by atoms with Crippen molar-refractivity contribution < 1.29 is 0 Å². The van der Waals surface area contributed by atoms with Crippen LogP contribution in [0.15, 0.2) is 133 Å². The SMILES string of the molecule is C[Si](C)(C)c1ccc2c(c1)CCN2c1ccc2c(-c3ccccc3)c3cc(N4CCc5cc([Si](C)(C)C)ccc54)ccc3c(-c3ccccc3)c2c1. The number of hydrogen-bond acceptors (Lipinski definition) is 2. The largest absolute Gasteiger partial charge is 0.341 e. The smallest absolute Gasteiger partial charge is 0.0776 e. The van der Waals surface area contributed by atoms with E-state index in [4.69, 9.17) is 0 Å². The third-order valence-electron chi connectivity index (χ3n) is 11.5. The molecule has 52 heavy (non-hydrogen) atoms. The van der Waals surface area contributed by atoms with Crippen molar-refractivity contribution in [1.29, 1.82) is 0 Å². The van der Waals surface area contributed by atoms with Gasteiger partial charge in [0.1, 0.15) is 0 Å². The zero-order valence-corrected chi connectivity index (χ0v) is 33.4. The molecule has 2 heterocycles. The van der Waals surface area contributed by atoms with Gasteiger partial charge in [-0.05, 0) is 104 Å². The molecule has 2 aliphatic rings. The van der Waals surface area contributed by atoms with Crippen LogP contribution in [0.3, 0.4) is 0 Å². The zero-order valence-electron chi connectivity index (χ0n) is 31.4. The van der Waals surface area contributed by atoms with Gasteiger partial charge in [-0.15, -0.1) is 0 Å². The Morgan fingerprint density at radius 2 is 0.808 bits per heavy atom. The molecule has 7 aromatic carbocycles. The van der Waals surface area contributed by atoms with Crippen molar-refractivity contribution in [2.45, 2.75) is 52.1 Å². The molecule has 2 aliphatic heterocycles. The molecule has 0 amide bonds. The highest BCUT2D eigenvalue weighted by Gasteiger charge is 2.27. The molecule has 4 heteroatoms. The molecule has 0 atom stereocenters. The Labute approximate surface area is 311 Å². The first-order chi connectivity index (χ1) is 25.0. The van der Waals surface area contributed by atoms with Crippen molar-refractivity contribution >= 4 is 70.8 Å². The van der Waals surface area contributed by atoms with Crippen LogP contribution >= 0.6 is 0 Å². The average molecular weight is 709 g/mol. The van der Waals surface area contributed by atoms with Crippen LogP contribution in [-0.4, -0.2) is 29.2 Å². The average Bonchev–Trinajstić information content (AvgIpc) is 3.77. The van der Waals surface area contributed by atoms with Gasteiger partial charge >= 0.3 is 0 Å². The number of rotatable bonds is 6. The number of benzene rings is 7. The minimum absolute atomic E-state index is 1.01. The maximum Gasteiger partial charge on any atom is 0.0776 e. The highest BCUT2D eigenvalue weighted by Crippen LogP contribution is 2.47. The zero-order chi connectivity index (χ0) is 35.8. The molecule has 0 unspecified atom stereocenters. The van der Waals surface area contributed by atoms with Crippen LogP contribution in [0.4, 0.5) is 22.7 Å². The maximum absolute atomic E-state index is 2.55. The van der Waals surface area contributed by atoms with Gasteiger partial charge in [-0.25, -0.2) is 0 Å². The van der Waals surface area contributed by atoms with Crippen LogP contribution < -0.4 is 20.2 Å². The van der Waals surface area contributed by atoms with Crippen molar-refractivity contribution in [3.05, 3.63) is 145 Å². The molecular formula is C48H48N2Si2. The monoisotopic (exact) mass is 708 g/mol. The van der Waals surface area contributed by atoms with Gasteiger partial charge in [-0.1, -0.05) is 147 Å². The summed E-state index contributed by atoms with van der Waals surface area (Å²) in [5.74, 6) is 0.